The largest absolute Gasteiger partial charge is 0.478 e. The molecule has 0 aromatic heterocycles. The van der Waals surface area contributed by atoms with Gasteiger partial charge in [-0.25, -0.2) is 17.9 Å². The van der Waals surface area contributed by atoms with Crippen LogP contribution in [0.4, 0.5) is 0 Å². The number of hydrogen-bond donors (Lipinski definition) is 2. The van der Waals surface area contributed by atoms with Crippen molar-refractivity contribution >= 4 is 27.6 Å². The molecule has 2 N–H and O–H groups in total. The van der Waals surface area contributed by atoms with E-state index in [2.05, 4.69) is 9.62 Å². The molecule has 8 heteroatoms. The second-order valence-corrected chi connectivity index (χ2v) is 7.69. The number of carboxylic acid groups (broad SMARTS) is 1. The molecule has 6 nitrogen and oxygen atoms in total. The number of carboxylic acids is 1. The molecule has 0 unspecified atom stereocenters. The second-order valence-electron chi connectivity index (χ2n) is 5.55. The molecule has 1 saturated heterocycles. The molecular formula is C14H19ClN2O4S. The lowest BCUT2D eigenvalue weighted by molar-refractivity contribution is 0.0696. The highest BCUT2D eigenvalue weighted by Gasteiger charge is 2.23. The standard InChI is InChI=1S/C14H19ClN2O4S/c1-17-6-4-10(5-7-17)9-16-22(20,21)13-8-11(14(18)19)2-3-12(13)15/h2-3,8,10,16H,4-7,9H2,1H3,(H,18,19). The van der Waals surface area contributed by atoms with E-state index in [-0.39, 0.29) is 21.4 Å². The molecule has 0 saturated carbocycles. The van der Waals surface area contributed by atoms with E-state index >= 15 is 0 Å². The van der Waals surface area contributed by atoms with Crippen LogP contribution in [0.2, 0.25) is 5.02 Å². The summed E-state index contributed by atoms with van der Waals surface area (Å²) in [6, 6.07) is 3.65. The molecule has 1 aromatic rings. The Morgan fingerprint density at radius 3 is 2.64 bits per heavy atom. The Balaban J connectivity index is 2.10. The van der Waals surface area contributed by atoms with Crippen molar-refractivity contribution in [2.24, 2.45) is 5.92 Å². The zero-order valence-electron chi connectivity index (χ0n) is 12.3. The average Bonchev–Trinajstić information content (AvgIpc) is 2.46. The fourth-order valence-corrected chi connectivity index (χ4v) is 4.05. The second kappa shape index (κ2) is 6.95. The molecule has 1 fully saturated rings. The van der Waals surface area contributed by atoms with E-state index in [1.165, 1.54) is 12.1 Å². The fourth-order valence-electron chi connectivity index (χ4n) is 2.41. The van der Waals surface area contributed by atoms with Crippen LogP contribution >= 0.6 is 11.6 Å². The van der Waals surface area contributed by atoms with E-state index in [1.807, 2.05) is 7.05 Å². The maximum absolute atomic E-state index is 12.3. The van der Waals surface area contributed by atoms with Crippen molar-refractivity contribution < 1.29 is 18.3 Å². The maximum Gasteiger partial charge on any atom is 0.335 e. The quantitative estimate of drug-likeness (QED) is 0.846. The molecule has 1 aliphatic heterocycles. The molecule has 1 heterocycles. The smallest absolute Gasteiger partial charge is 0.335 e. The number of rotatable bonds is 5. The summed E-state index contributed by atoms with van der Waals surface area (Å²) >= 11 is 5.91. The van der Waals surface area contributed by atoms with Crippen molar-refractivity contribution in [1.29, 1.82) is 0 Å². The molecule has 2 rings (SSSR count). The van der Waals surface area contributed by atoms with Crippen LogP contribution in [0.3, 0.4) is 0 Å². The van der Waals surface area contributed by atoms with E-state index in [9.17, 15) is 13.2 Å². The van der Waals surface area contributed by atoms with Crippen LogP contribution in [0.15, 0.2) is 23.1 Å². The van der Waals surface area contributed by atoms with E-state index < -0.39 is 16.0 Å². The van der Waals surface area contributed by atoms with Gasteiger partial charge in [-0.05, 0) is 57.1 Å². The Bertz CT molecular complexity index is 655. The van der Waals surface area contributed by atoms with Crippen molar-refractivity contribution in [2.75, 3.05) is 26.7 Å². The summed E-state index contributed by atoms with van der Waals surface area (Å²) in [4.78, 5) is 13.0. The molecule has 0 amide bonds. The molecule has 0 bridgehead atoms. The van der Waals surface area contributed by atoms with Crippen molar-refractivity contribution in [3.05, 3.63) is 28.8 Å². The van der Waals surface area contributed by atoms with Gasteiger partial charge in [0, 0.05) is 6.54 Å². The predicted molar refractivity (Wildman–Crippen MR) is 83.8 cm³/mol. The fraction of sp³-hybridized carbons (Fsp3) is 0.500. The summed E-state index contributed by atoms with van der Waals surface area (Å²) in [5.41, 5.74) is -0.107. The van der Waals surface area contributed by atoms with Gasteiger partial charge < -0.3 is 10.0 Å². The first-order chi connectivity index (χ1) is 10.3. The number of piperidine rings is 1. The van der Waals surface area contributed by atoms with Crippen LogP contribution in [0, 0.1) is 5.92 Å². The van der Waals surface area contributed by atoms with Gasteiger partial charge in [-0.1, -0.05) is 11.6 Å². The van der Waals surface area contributed by atoms with Crippen molar-refractivity contribution in [3.63, 3.8) is 0 Å². The topological polar surface area (TPSA) is 86.7 Å². The third-order valence-corrected chi connectivity index (χ3v) is 5.77. The number of nitrogens with zero attached hydrogens (tertiary/aromatic N) is 1. The third-order valence-electron chi connectivity index (χ3n) is 3.87. The minimum Gasteiger partial charge on any atom is -0.478 e. The molecule has 0 aliphatic carbocycles. The molecule has 22 heavy (non-hydrogen) atoms. The summed E-state index contributed by atoms with van der Waals surface area (Å²) in [6.45, 7) is 2.23. The molecule has 1 aliphatic rings. The molecule has 0 radical (unpaired) electrons. The molecule has 0 atom stereocenters. The first-order valence-electron chi connectivity index (χ1n) is 7.00. The van der Waals surface area contributed by atoms with Crippen LogP contribution in [-0.4, -0.2) is 51.1 Å². The van der Waals surface area contributed by atoms with Crippen LogP contribution < -0.4 is 4.72 Å². The lowest BCUT2D eigenvalue weighted by Gasteiger charge is -2.28. The van der Waals surface area contributed by atoms with E-state index in [4.69, 9.17) is 16.7 Å². The van der Waals surface area contributed by atoms with Gasteiger partial charge in [0.1, 0.15) is 4.90 Å². The van der Waals surface area contributed by atoms with Crippen molar-refractivity contribution in [3.8, 4) is 0 Å². The Morgan fingerprint density at radius 1 is 1.41 bits per heavy atom. The summed E-state index contributed by atoms with van der Waals surface area (Å²) in [7, 11) is -1.78. The van der Waals surface area contributed by atoms with Crippen LogP contribution in [-0.2, 0) is 10.0 Å². The Hall–Kier alpha value is -1.15. The molecular weight excluding hydrogens is 328 g/mol. The summed E-state index contributed by atoms with van der Waals surface area (Å²) in [5.74, 6) is -0.907. The minimum absolute atomic E-state index is 0.0147. The first-order valence-corrected chi connectivity index (χ1v) is 8.87. The van der Waals surface area contributed by atoms with Crippen LogP contribution in [0.1, 0.15) is 23.2 Å². The van der Waals surface area contributed by atoms with Gasteiger partial charge in [-0.2, -0.15) is 0 Å². The monoisotopic (exact) mass is 346 g/mol. The number of nitrogens with one attached hydrogen (secondary N) is 1. The number of halogens is 1. The van der Waals surface area contributed by atoms with Gasteiger partial charge in [0.05, 0.1) is 10.6 Å². The predicted octanol–water partition coefficient (Wildman–Crippen LogP) is 1.66. The molecule has 1 aromatic carbocycles. The zero-order chi connectivity index (χ0) is 16.3. The van der Waals surface area contributed by atoms with E-state index in [0.717, 1.165) is 32.0 Å². The van der Waals surface area contributed by atoms with Gasteiger partial charge in [-0.15, -0.1) is 0 Å². The number of carbonyl (C=O) groups is 1. The van der Waals surface area contributed by atoms with Crippen LogP contribution in [0.5, 0.6) is 0 Å². The number of hydrogen-bond acceptors (Lipinski definition) is 4. The summed E-state index contributed by atoms with van der Waals surface area (Å²) in [6.07, 6.45) is 1.86. The zero-order valence-corrected chi connectivity index (χ0v) is 13.8. The summed E-state index contributed by atoms with van der Waals surface area (Å²) in [5, 5.41) is 8.98. The van der Waals surface area contributed by atoms with E-state index in [1.54, 1.807) is 0 Å². The highest BCUT2D eigenvalue weighted by molar-refractivity contribution is 7.89. The average molecular weight is 347 g/mol. The van der Waals surface area contributed by atoms with Crippen LogP contribution in [0.25, 0.3) is 0 Å². The lowest BCUT2D eigenvalue weighted by atomic mass is 9.98. The number of benzene rings is 1. The Labute approximate surface area is 135 Å². The van der Waals surface area contributed by atoms with Gasteiger partial charge in [0.2, 0.25) is 10.0 Å². The normalized spacial score (nSPS) is 17.5. The number of sulfonamides is 1. The Kier molecular flexibility index (Phi) is 5.44. The number of aromatic carboxylic acids is 1. The molecule has 0 spiro atoms. The van der Waals surface area contributed by atoms with Gasteiger partial charge in [0.15, 0.2) is 0 Å². The van der Waals surface area contributed by atoms with Gasteiger partial charge >= 0.3 is 5.97 Å². The van der Waals surface area contributed by atoms with E-state index in [0.29, 0.717) is 6.54 Å². The van der Waals surface area contributed by atoms with Crippen molar-refractivity contribution in [1.82, 2.24) is 9.62 Å². The third kappa shape index (κ3) is 4.19. The highest BCUT2D eigenvalue weighted by atomic mass is 35.5. The summed E-state index contributed by atoms with van der Waals surface area (Å²) < 4.78 is 27.2. The lowest BCUT2D eigenvalue weighted by Crippen LogP contribution is -2.37. The first kappa shape index (κ1) is 17.2. The Morgan fingerprint density at radius 2 is 2.05 bits per heavy atom. The highest BCUT2D eigenvalue weighted by Crippen LogP contribution is 2.23. The number of likely N-dealkylation sites (tertiary alicyclic amines) is 1. The van der Waals surface area contributed by atoms with Crippen molar-refractivity contribution in [2.45, 2.75) is 17.7 Å². The SMILES string of the molecule is CN1CCC(CNS(=O)(=O)c2cc(C(=O)O)ccc2Cl)CC1. The maximum atomic E-state index is 12.3. The van der Waals surface area contributed by atoms with Gasteiger partial charge in [-0.3, -0.25) is 0 Å². The molecule has 122 valence electrons. The minimum atomic E-state index is -3.82. The van der Waals surface area contributed by atoms with Gasteiger partial charge in [0.25, 0.3) is 0 Å².